The SMILES string of the molecule is CC(O)CN(C)C(=O)c1c(O)c(Cl)cc(Cl)c1Cl. The number of carbonyl (C=O) groups excluding carboxylic acids is 1. The number of halogens is 3. The quantitative estimate of drug-likeness (QED) is 0.844. The molecule has 0 heterocycles. The van der Waals surface area contributed by atoms with Crippen LogP contribution in [0, 0.1) is 0 Å². The van der Waals surface area contributed by atoms with Crippen molar-refractivity contribution in [3.8, 4) is 5.75 Å². The Labute approximate surface area is 120 Å². The molecule has 1 aromatic rings. The molecular weight excluding hydrogens is 300 g/mol. The van der Waals surface area contributed by atoms with Crippen LogP contribution in [0.25, 0.3) is 0 Å². The summed E-state index contributed by atoms with van der Waals surface area (Å²) < 4.78 is 0. The van der Waals surface area contributed by atoms with Crippen LogP contribution in [0.3, 0.4) is 0 Å². The maximum Gasteiger partial charge on any atom is 0.259 e. The first-order chi connectivity index (χ1) is 8.25. The number of hydrogen-bond donors (Lipinski definition) is 2. The van der Waals surface area contributed by atoms with Crippen molar-refractivity contribution in [1.82, 2.24) is 4.90 Å². The summed E-state index contributed by atoms with van der Waals surface area (Å²) in [4.78, 5) is 13.3. The zero-order chi connectivity index (χ0) is 14.0. The molecule has 0 saturated heterocycles. The van der Waals surface area contributed by atoms with Crippen molar-refractivity contribution in [3.63, 3.8) is 0 Å². The minimum atomic E-state index is -0.700. The van der Waals surface area contributed by atoms with Gasteiger partial charge in [-0.25, -0.2) is 0 Å². The lowest BCUT2D eigenvalue weighted by molar-refractivity contribution is 0.0701. The Hall–Kier alpha value is -0.680. The fourth-order valence-corrected chi connectivity index (χ4v) is 2.14. The Kier molecular flexibility index (Phi) is 5.10. The number of likely N-dealkylation sites (N-methyl/N-ethyl adjacent to an activating group) is 1. The third-order valence-corrected chi connectivity index (χ3v) is 3.32. The van der Waals surface area contributed by atoms with E-state index in [0.717, 1.165) is 0 Å². The van der Waals surface area contributed by atoms with E-state index in [-0.39, 0.29) is 27.2 Å². The first-order valence-electron chi connectivity index (χ1n) is 5.05. The average Bonchev–Trinajstić information content (AvgIpc) is 2.25. The highest BCUT2D eigenvalue weighted by Gasteiger charge is 2.24. The fourth-order valence-electron chi connectivity index (χ4n) is 1.45. The molecule has 2 N–H and O–H groups in total. The molecule has 1 unspecified atom stereocenters. The first kappa shape index (κ1) is 15.4. The number of carbonyl (C=O) groups is 1. The lowest BCUT2D eigenvalue weighted by atomic mass is 10.1. The normalized spacial score (nSPS) is 12.3. The van der Waals surface area contributed by atoms with Crippen molar-refractivity contribution in [2.75, 3.05) is 13.6 Å². The van der Waals surface area contributed by atoms with Crippen molar-refractivity contribution in [1.29, 1.82) is 0 Å². The molecule has 0 saturated carbocycles. The number of phenolic OH excluding ortho intramolecular Hbond substituents is 1. The maximum atomic E-state index is 12.1. The lowest BCUT2D eigenvalue weighted by Gasteiger charge is -2.20. The average molecular weight is 313 g/mol. The summed E-state index contributed by atoms with van der Waals surface area (Å²) in [7, 11) is 1.47. The second-order valence-corrected chi connectivity index (χ2v) is 5.10. The largest absolute Gasteiger partial charge is 0.505 e. The number of nitrogens with zero attached hydrogens (tertiary/aromatic N) is 1. The number of rotatable bonds is 3. The summed E-state index contributed by atoms with van der Waals surface area (Å²) in [5.74, 6) is -0.990. The minimum Gasteiger partial charge on any atom is -0.505 e. The van der Waals surface area contributed by atoms with Crippen LogP contribution in [0.5, 0.6) is 5.75 Å². The topological polar surface area (TPSA) is 60.8 Å². The lowest BCUT2D eigenvalue weighted by Crippen LogP contribution is -2.33. The molecule has 0 spiro atoms. The van der Waals surface area contributed by atoms with Gasteiger partial charge < -0.3 is 15.1 Å². The van der Waals surface area contributed by atoms with Crippen molar-refractivity contribution < 1.29 is 15.0 Å². The fraction of sp³-hybridized carbons (Fsp3) is 0.364. The van der Waals surface area contributed by atoms with E-state index in [1.807, 2.05) is 0 Å². The molecular formula is C11H12Cl3NO3. The molecule has 0 radical (unpaired) electrons. The van der Waals surface area contributed by atoms with E-state index in [2.05, 4.69) is 0 Å². The van der Waals surface area contributed by atoms with Crippen LogP contribution in [0.1, 0.15) is 17.3 Å². The molecule has 0 aliphatic carbocycles. The number of hydrogen-bond acceptors (Lipinski definition) is 3. The van der Waals surface area contributed by atoms with E-state index in [1.165, 1.54) is 24.9 Å². The molecule has 0 aliphatic heterocycles. The molecule has 0 fully saturated rings. The molecule has 100 valence electrons. The molecule has 4 nitrogen and oxygen atoms in total. The van der Waals surface area contributed by atoms with E-state index in [4.69, 9.17) is 34.8 Å². The Morgan fingerprint density at radius 2 is 1.94 bits per heavy atom. The summed E-state index contributed by atoms with van der Waals surface area (Å²) in [6, 6.07) is 1.26. The zero-order valence-electron chi connectivity index (χ0n) is 9.75. The van der Waals surface area contributed by atoms with Gasteiger partial charge in [-0.05, 0) is 13.0 Å². The number of aliphatic hydroxyl groups is 1. The standard InChI is InChI=1S/C11H12Cl3NO3/c1-5(16)4-15(2)11(18)8-9(14)6(12)3-7(13)10(8)17/h3,5,16-17H,4H2,1-2H3. The third kappa shape index (κ3) is 3.20. The van der Waals surface area contributed by atoms with Gasteiger partial charge in [-0.2, -0.15) is 0 Å². The smallest absolute Gasteiger partial charge is 0.259 e. The number of aliphatic hydroxyl groups excluding tert-OH is 1. The van der Waals surface area contributed by atoms with Crippen molar-refractivity contribution >= 4 is 40.7 Å². The van der Waals surface area contributed by atoms with Gasteiger partial charge in [0.1, 0.15) is 11.3 Å². The zero-order valence-corrected chi connectivity index (χ0v) is 12.0. The van der Waals surface area contributed by atoms with Crippen LogP contribution in [0.2, 0.25) is 15.1 Å². The van der Waals surface area contributed by atoms with Crippen LogP contribution < -0.4 is 0 Å². The predicted molar refractivity (Wildman–Crippen MR) is 71.8 cm³/mol. The van der Waals surface area contributed by atoms with Gasteiger partial charge in [0.15, 0.2) is 0 Å². The summed E-state index contributed by atoms with van der Waals surface area (Å²) >= 11 is 17.4. The van der Waals surface area contributed by atoms with Gasteiger partial charge >= 0.3 is 0 Å². The Morgan fingerprint density at radius 3 is 2.44 bits per heavy atom. The molecule has 18 heavy (non-hydrogen) atoms. The molecule has 1 amide bonds. The van der Waals surface area contributed by atoms with Crippen LogP contribution >= 0.6 is 34.8 Å². The Balaban J connectivity index is 3.21. The van der Waals surface area contributed by atoms with E-state index in [9.17, 15) is 15.0 Å². The van der Waals surface area contributed by atoms with Crippen LogP contribution in [0.15, 0.2) is 6.07 Å². The van der Waals surface area contributed by atoms with E-state index >= 15 is 0 Å². The van der Waals surface area contributed by atoms with Crippen LogP contribution in [0.4, 0.5) is 0 Å². The number of phenols is 1. The van der Waals surface area contributed by atoms with Gasteiger partial charge in [-0.1, -0.05) is 34.8 Å². The second-order valence-electron chi connectivity index (χ2n) is 3.91. The highest BCUT2D eigenvalue weighted by atomic mass is 35.5. The summed E-state index contributed by atoms with van der Waals surface area (Å²) in [6.07, 6.45) is -0.700. The highest BCUT2D eigenvalue weighted by Crippen LogP contribution is 2.38. The monoisotopic (exact) mass is 311 g/mol. The van der Waals surface area contributed by atoms with Crippen molar-refractivity contribution in [2.24, 2.45) is 0 Å². The summed E-state index contributed by atoms with van der Waals surface area (Å²) in [6.45, 7) is 1.63. The van der Waals surface area contributed by atoms with Gasteiger partial charge in [0.05, 0.1) is 21.2 Å². The second kappa shape index (κ2) is 5.97. The molecule has 1 atom stereocenters. The summed E-state index contributed by atoms with van der Waals surface area (Å²) in [5.41, 5.74) is -0.169. The molecule has 1 rings (SSSR count). The van der Waals surface area contributed by atoms with Gasteiger partial charge in [-0.3, -0.25) is 4.79 Å². The number of benzene rings is 1. The molecule has 0 aromatic heterocycles. The van der Waals surface area contributed by atoms with Crippen molar-refractivity contribution in [3.05, 3.63) is 26.7 Å². The van der Waals surface area contributed by atoms with Crippen molar-refractivity contribution in [2.45, 2.75) is 13.0 Å². The van der Waals surface area contributed by atoms with Gasteiger partial charge in [0, 0.05) is 13.6 Å². The highest BCUT2D eigenvalue weighted by molar-refractivity contribution is 6.45. The van der Waals surface area contributed by atoms with E-state index in [0.29, 0.717) is 0 Å². The number of aromatic hydroxyl groups is 1. The predicted octanol–water partition coefficient (Wildman–Crippen LogP) is 2.81. The molecule has 0 bridgehead atoms. The minimum absolute atomic E-state index is 0.0572. The first-order valence-corrected chi connectivity index (χ1v) is 6.19. The van der Waals surface area contributed by atoms with Gasteiger partial charge in [0.2, 0.25) is 0 Å². The van der Waals surface area contributed by atoms with Gasteiger partial charge in [0.25, 0.3) is 5.91 Å². The van der Waals surface area contributed by atoms with Gasteiger partial charge in [-0.15, -0.1) is 0 Å². The van der Waals surface area contributed by atoms with Crippen LogP contribution in [-0.2, 0) is 0 Å². The summed E-state index contributed by atoms with van der Waals surface area (Å²) in [5, 5.41) is 18.9. The van der Waals surface area contributed by atoms with Crippen LogP contribution in [-0.4, -0.2) is 40.7 Å². The molecule has 0 aliphatic rings. The third-order valence-electron chi connectivity index (χ3n) is 2.24. The van der Waals surface area contributed by atoms with E-state index < -0.39 is 17.8 Å². The Bertz CT molecular complexity index is 451. The number of amides is 1. The molecule has 1 aromatic carbocycles. The molecule has 7 heteroatoms. The Morgan fingerprint density at radius 1 is 1.39 bits per heavy atom. The maximum absolute atomic E-state index is 12.1. The van der Waals surface area contributed by atoms with E-state index in [1.54, 1.807) is 0 Å².